The molecular formula is C25H28N2O6. The molecule has 0 bridgehead atoms. The molecule has 3 atom stereocenters. The lowest BCUT2D eigenvalue weighted by Crippen LogP contribution is -2.53. The Balaban J connectivity index is 1.69. The highest BCUT2D eigenvalue weighted by Crippen LogP contribution is 2.50. The van der Waals surface area contributed by atoms with E-state index in [0.29, 0.717) is 17.2 Å². The first-order valence-corrected chi connectivity index (χ1v) is 11.0. The van der Waals surface area contributed by atoms with Gasteiger partial charge in [0.15, 0.2) is 0 Å². The number of hydrogen-bond acceptors (Lipinski definition) is 6. The number of phenols is 1. The lowest BCUT2D eigenvalue weighted by Gasteiger charge is -2.45. The Morgan fingerprint density at radius 2 is 1.85 bits per heavy atom. The number of methoxy groups -OCH3 is 1. The van der Waals surface area contributed by atoms with Crippen molar-refractivity contribution < 1.29 is 29.0 Å². The molecule has 33 heavy (non-hydrogen) atoms. The minimum absolute atomic E-state index is 0.0266. The van der Waals surface area contributed by atoms with Gasteiger partial charge in [0, 0.05) is 24.9 Å². The van der Waals surface area contributed by atoms with Crippen LogP contribution in [0, 0.1) is 11.8 Å². The number of amides is 2. The maximum atomic E-state index is 12.7. The van der Waals surface area contributed by atoms with Crippen LogP contribution in [-0.4, -0.2) is 36.2 Å². The third-order valence-electron chi connectivity index (χ3n) is 6.44. The van der Waals surface area contributed by atoms with E-state index in [1.54, 1.807) is 4.90 Å². The van der Waals surface area contributed by atoms with Crippen LogP contribution in [-0.2, 0) is 20.9 Å². The summed E-state index contributed by atoms with van der Waals surface area (Å²) in [7, 11) is 1.23. The van der Waals surface area contributed by atoms with Crippen LogP contribution in [0.2, 0.25) is 0 Å². The fourth-order valence-electron chi connectivity index (χ4n) is 4.76. The Bertz CT molecular complexity index is 1070. The second kappa shape index (κ2) is 9.13. The van der Waals surface area contributed by atoms with Crippen LogP contribution in [0.3, 0.4) is 0 Å². The summed E-state index contributed by atoms with van der Waals surface area (Å²) in [6.07, 6.45) is 1.39. The van der Waals surface area contributed by atoms with Crippen molar-refractivity contribution in [1.82, 2.24) is 5.32 Å². The van der Waals surface area contributed by atoms with Crippen molar-refractivity contribution in [1.29, 1.82) is 0 Å². The first kappa shape index (κ1) is 22.6. The summed E-state index contributed by atoms with van der Waals surface area (Å²) in [6, 6.07) is 11.6. The van der Waals surface area contributed by atoms with Crippen molar-refractivity contribution in [2.45, 2.75) is 45.4 Å². The highest BCUT2D eigenvalue weighted by Gasteiger charge is 2.48. The second-order valence-electron chi connectivity index (χ2n) is 8.68. The van der Waals surface area contributed by atoms with E-state index in [0.717, 1.165) is 18.4 Å². The van der Waals surface area contributed by atoms with Gasteiger partial charge >= 0.3 is 12.1 Å². The number of nitrogens with one attached hydrogen (secondary N) is 1. The highest BCUT2D eigenvalue weighted by molar-refractivity contribution is 5.98. The summed E-state index contributed by atoms with van der Waals surface area (Å²) >= 11 is 0. The lowest BCUT2D eigenvalue weighted by molar-refractivity contribution is -0.117. The van der Waals surface area contributed by atoms with Crippen LogP contribution < -0.4 is 10.2 Å². The third-order valence-corrected chi connectivity index (χ3v) is 6.44. The number of rotatable bonds is 5. The fourth-order valence-corrected chi connectivity index (χ4v) is 4.76. The molecule has 1 heterocycles. The van der Waals surface area contributed by atoms with Crippen molar-refractivity contribution in [3.05, 3.63) is 59.2 Å². The summed E-state index contributed by atoms with van der Waals surface area (Å²) in [6.45, 7) is 3.59. The van der Waals surface area contributed by atoms with E-state index in [2.05, 4.69) is 5.32 Å². The number of esters is 1. The molecule has 2 N–H and O–H groups in total. The summed E-state index contributed by atoms with van der Waals surface area (Å²) in [4.78, 5) is 39.3. The smallest absolute Gasteiger partial charge is 0.407 e. The molecule has 2 amide bonds. The van der Waals surface area contributed by atoms with E-state index < -0.39 is 18.1 Å². The average molecular weight is 453 g/mol. The van der Waals surface area contributed by atoms with Crippen molar-refractivity contribution in [2.24, 2.45) is 11.8 Å². The number of benzene rings is 2. The van der Waals surface area contributed by atoms with Crippen LogP contribution in [0.1, 0.15) is 54.2 Å². The Morgan fingerprint density at radius 1 is 1.15 bits per heavy atom. The first-order chi connectivity index (χ1) is 15.8. The topological polar surface area (TPSA) is 105 Å². The van der Waals surface area contributed by atoms with E-state index >= 15 is 0 Å². The van der Waals surface area contributed by atoms with Gasteiger partial charge in [0.25, 0.3) is 0 Å². The largest absolute Gasteiger partial charge is 0.507 e. The molecule has 174 valence electrons. The number of phenolic OH excluding ortho intramolecular Hbond substituents is 1. The van der Waals surface area contributed by atoms with Gasteiger partial charge in [-0.2, -0.15) is 0 Å². The van der Waals surface area contributed by atoms with E-state index in [9.17, 15) is 19.5 Å². The maximum absolute atomic E-state index is 12.7. The zero-order valence-electron chi connectivity index (χ0n) is 18.9. The minimum Gasteiger partial charge on any atom is -0.507 e. The Kier molecular flexibility index (Phi) is 6.26. The number of hydrogen-bond donors (Lipinski definition) is 2. The van der Waals surface area contributed by atoms with E-state index in [4.69, 9.17) is 9.47 Å². The molecule has 4 rings (SSSR count). The SMILES string of the molecule is COC(=O)c1cc2c(cc1O)N(C(C)=O)[C@@H](C1CC1)[C@H](C)C2NC(=O)OCc1ccccc1. The molecule has 1 unspecified atom stereocenters. The molecule has 0 spiro atoms. The summed E-state index contributed by atoms with van der Waals surface area (Å²) in [5, 5.41) is 13.4. The zero-order chi connectivity index (χ0) is 23.7. The van der Waals surface area contributed by atoms with Crippen molar-refractivity contribution in [3.8, 4) is 5.75 Å². The molecule has 0 aromatic heterocycles. The van der Waals surface area contributed by atoms with Gasteiger partial charge in [-0.15, -0.1) is 0 Å². The Hall–Kier alpha value is -3.55. The number of nitrogens with zero attached hydrogens (tertiary/aromatic N) is 1. The van der Waals surface area contributed by atoms with Gasteiger partial charge in [-0.05, 0) is 36.0 Å². The number of aromatic hydroxyl groups is 1. The third kappa shape index (κ3) is 4.51. The monoisotopic (exact) mass is 452 g/mol. The maximum Gasteiger partial charge on any atom is 0.407 e. The number of fused-ring (bicyclic) bond motifs is 1. The molecule has 1 fully saturated rings. The normalized spacial score (nSPS) is 21.7. The Labute approximate surface area is 192 Å². The van der Waals surface area contributed by atoms with E-state index in [-0.39, 0.29) is 35.8 Å². The molecule has 0 saturated heterocycles. The summed E-state index contributed by atoms with van der Waals surface area (Å²) in [5.74, 6) is -0.971. The molecule has 1 saturated carbocycles. The molecule has 2 aromatic carbocycles. The molecular weight excluding hydrogens is 424 g/mol. The van der Waals surface area contributed by atoms with Gasteiger partial charge in [0.2, 0.25) is 5.91 Å². The first-order valence-electron chi connectivity index (χ1n) is 11.0. The van der Waals surface area contributed by atoms with Gasteiger partial charge in [-0.25, -0.2) is 9.59 Å². The van der Waals surface area contributed by atoms with Gasteiger partial charge in [-0.3, -0.25) is 4.79 Å². The molecule has 1 aliphatic carbocycles. The summed E-state index contributed by atoms with van der Waals surface area (Å²) < 4.78 is 10.2. The van der Waals surface area contributed by atoms with Crippen LogP contribution >= 0.6 is 0 Å². The molecule has 8 heteroatoms. The van der Waals surface area contributed by atoms with Gasteiger partial charge in [0.1, 0.15) is 17.9 Å². The highest BCUT2D eigenvalue weighted by atomic mass is 16.5. The molecule has 8 nitrogen and oxygen atoms in total. The summed E-state index contributed by atoms with van der Waals surface area (Å²) in [5.41, 5.74) is 1.88. The van der Waals surface area contributed by atoms with E-state index in [1.807, 2.05) is 37.3 Å². The zero-order valence-corrected chi connectivity index (χ0v) is 18.9. The number of carbonyl (C=O) groups is 3. The van der Waals surface area contributed by atoms with Crippen LogP contribution in [0.4, 0.5) is 10.5 Å². The number of alkyl carbamates (subject to hydrolysis) is 1. The van der Waals surface area contributed by atoms with Crippen LogP contribution in [0.15, 0.2) is 42.5 Å². The number of anilines is 1. The van der Waals surface area contributed by atoms with Crippen molar-refractivity contribution in [3.63, 3.8) is 0 Å². The van der Waals surface area contributed by atoms with Gasteiger partial charge in [0.05, 0.1) is 18.8 Å². The van der Waals surface area contributed by atoms with Gasteiger partial charge in [-0.1, -0.05) is 37.3 Å². The predicted octanol–water partition coefficient (Wildman–Crippen LogP) is 3.93. The number of ether oxygens (including phenoxy) is 2. The standard InChI is InChI=1S/C25H28N2O6/c1-14-22(26-25(31)33-13-16-7-5-4-6-8-16)18-11-19(24(30)32-3)21(29)12-20(18)27(15(2)28)23(14)17-9-10-17/h4-8,11-12,14,17,22-23,29H,9-10,13H2,1-3H3,(H,26,31)/t14-,22?,23-/m1/s1. The van der Waals surface area contributed by atoms with Crippen molar-refractivity contribution >= 4 is 23.7 Å². The molecule has 0 radical (unpaired) electrons. The fraction of sp³-hybridized carbons (Fsp3) is 0.400. The van der Waals surface area contributed by atoms with Crippen LogP contribution in [0.5, 0.6) is 5.75 Å². The molecule has 1 aliphatic heterocycles. The lowest BCUT2D eigenvalue weighted by atomic mass is 9.79. The van der Waals surface area contributed by atoms with E-state index in [1.165, 1.54) is 26.2 Å². The van der Waals surface area contributed by atoms with Gasteiger partial charge < -0.3 is 24.8 Å². The molecule has 2 aromatic rings. The Morgan fingerprint density at radius 3 is 2.45 bits per heavy atom. The minimum atomic E-state index is -0.702. The second-order valence-corrected chi connectivity index (χ2v) is 8.68. The average Bonchev–Trinajstić information content (AvgIpc) is 3.64. The quantitative estimate of drug-likeness (QED) is 0.666. The number of carbonyl (C=O) groups excluding carboxylic acids is 3. The molecule has 2 aliphatic rings. The van der Waals surface area contributed by atoms with Crippen molar-refractivity contribution in [2.75, 3.05) is 12.0 Å². The van der Waals surface area contributed by atoms with Crippen LogP contribution in [0.25, 0.3) is 0 Å². The predicted molar refractivity (Wildman–Crippen MR) is 121 cm³/mol.